The first-order chi connectivity index (χ1) is 54.7. The highest BCUT2D eigenvalue weighted by atomic mass is 32.2. The number of carbonyl (C=O) groups is 4. The lowest BCUT2D eigenvalue weighted by Crippen LogP contribution is -2.20. The zero-order valence-corrected chi connectivity index (χ0v) is 70.4. The molecular formula is C95H105N11O9S. The highest BCUT2D eigenvalue weighted by Crippen LogP contribution is 2.33. The molecule has 0 aliphatic carbocycles. The third kappa shape index (κ3) is 23.0. The first-order valence-electron chi connectivity index (χ1n) is 38.4. The van der Waals surface area contributed by atoms with Crippen LogP contribution >= 0.6 is 11.8 Å². The number of nitrogens with one attached hydrogen (secondary N) is 8. The Labute approximate surface area is 682 Å². The predicted molar refractivity (Wildman–Crippen MR) is 474 cm³/mol. The van der Waals surface area contributed by atoms with E-state index in [0.29, 0.717) is 44.4 Å². The van der Waals surface area contributed by atoms with E-state index in [0.717, 1.165) is 96.6 Å². The number of nitrogens with two attached hydrogens (primary N) is 1. The zero-order valence-electron chi connectivity index (χ0n) is 69.6. The average molecular weight is 1580 g/mol. The molecule has 7 aromatic carbocycles. The van der Waals surface area contributed by atoms with E-state index >= 15 is 0 Å². The van der Waals surface area contributed by atoms with Crippen LogP contribution in [0.2, 0.25) is 0 Å². The summed E-state index contributed by atoms with van der Waals surface area (Å²) in [6.45, 7) is 35.6. The molecule has 0 atom stereocenters. The van der Waals surface area contributed by atoms with Crippen LogP contribution in [0.25, 0.3) is 44.6 Å². The summed E-state index contributed by atoms with van der Waals surface area (Å²) in [4.78, 5) is 120. The Bertz CT molecular complexity index is 5600. The Morgan fingerprint density at radius 1 is 0.388 bits per heavy atom. The molecule has 5 aromatic heterocycles. The van der Waals surface area contributed by atoms with Gasteiger partial charge in [0.2, 0.25) is 0 Å². The van der Waals surface area contributed by atoms with Gasteiger partial charge in [-0.2, -0.15) is 0 Å². The molecule has 12 rings (SSSR count). The second-order valence-electron chi connectivity index (χ2n) is 32.5. The Morgan fingerprint density at radius 3 is 1.02 bits per heavy atom. The number of pyridine rings is 4. The normalized spacial score (nSPS) is 11.3. The molecule has 0 radical (unpaired) electrons. The summed E-state index contributed by atoms with van der Waals surface area (Å²) in [5, 5.41) is 11.6. The number of benzene rings is 7. The van der Waals surface area contributed by atoms with Gasteiger partial charge in [0.05, 0.1) is 12.8 Å². The van der Waals surface area contributed by atoms with Crippen molar-refractivity contribution < 1.29 is 23.9 Å². The third-order valence-electron chi connectivity index (χ3n) is 19.6. The fraction of sp³-hybridized carbons (Fsp3) is 0.263. The van der Waals surface area contributed by atoms with Gasteiger partial charge in [-0.25, -0.2) is 9.97 Å². The van der Waals surface area contributed by atoms with Crippen LogP contribution in [0.4, 0.5) is 28.4 Å². The molecular weight excluding hydrogens is 1470 g/mol. The number of hydrogen-bond donors (Lipinski definition) is 9. The van der Waals surface area contributed by atoms with Crippen LogP contribution < -0.4 is 54.0 Å². The standard InChI is InChI=1S/C25H28N2O2.C24H26N2O3.C23H26N4O2S.C23H25N3O2/c1-6-17-8-7-16(2)21(13-17)19-14-22(24(29)26-15-19)27-23(28)18-9-11-20(12-10-18)25(3,4)5;1-15-6-11-19(29-5)13-20(15)17-12-21(23(28)25-14-17)26-22(27)16-7-9-18(10-8-16)24(2,3)4;1-6-17-12-18(27-22(25-17)30-5)15-11-19(21(29)24-13-15)26-20(28)14-7-9-16(10-8-14)23(2,3)4;1-14-5-10-18(24)12-19(14)16-11-20(22(28)25-13-16)26-21(27)15-6-8-17(9-7-15)23(2,3)4/h7-15H,6H2,1-5H3,(H,26,29)(H,27,28);6-14H,1-5H3,(H,25,28)(H,26,27);7-13H,6H2,1-5H3,(H,24,29)(H,26,28);5-13H,24H2,1-4H3,(H,25,28)(H,26,27). The van der Waals surface area contributed by atoms with Crippen molar-refractivity contribution in [2.24, 2.45) is 0 Å². The van der Waals surface area contributed by atoms with Gasteiger partial charge in [-0.1, -0.05) is 188 Å². The van der Waals surface area contributed by atoms with Crippen LogP contribution in [0, 0.1) is 20.8 Å². The molecule has 0 saturated carbocycles. The summed E-state index contributed by atoms with van der Waals surface area (Å²) in [5.74, 6) is -0.559. The zero-order chi connectivity index (χ0) is 84.7. The lowest BCUT2D eigenvalue weighted by atomic mass is 9.86. The number of hydrogen-bond acceptors (Lipinski definition) is 13. The van der Waals surface area contributed by atoms with Gasteiger partial charge in [0.25, 0.3) is 45.9 Å². The Morgan fingerprint density at radius 2 is 0.698 bits per heavy atom. The quantitative estimate of drug-likeness (QED) is 0.0247. The molecule has 600 valence electrons. The summed E-state index contributed by atoms with van der Waals surface area (Å²) in [6.07, 6.45) is 10.2. The Kier molecular flexibility index (Phi) is 28.2. The van der Waals surface area contributed by atoms with Gasteiger partial charge in [-0.05, 0) is 226 Å². The maximum Gasteiger partial charge on any atom is 0.271 e. The summed E-state index contributed by atoms with van der Waals surface area (Å²) < 4.78 is 5.30. The van der Waals surface area contributed by atoms with E-state index in [2.05, 4.69) is 159 Å². The molecule has 20 nitrogen and oxygen atoms in total. The number of aryl methyl sites for hydroxylation is 5. The van der Waals surface area contributed by atoms with E-state index in [9.17, 15) is 38.4 Å². The first-order valence-corrected chi connectivity index (χ1v) is 39.6. The van der Waals surface area contributed by atoms with Crippen LogP contribution in [0.3, 0.4) is 0 Å². The monoisotopic (exact) mass is 1580 g/mol. The van der Waals surface area contributed by atoms with E-state index in [1.807, 2.05) is 125 Å². The molecule has 0 unspecified atom stereocenters. The molecule has 116 heavy (non-hydrogen) atoms. The second-order valence-corrected chi connectivity index (χ2v) is 33.3. The molecule has 0 aliphatic heterocycles. The largest absolute Gasteiger partial charge is 0.497 e. The third-order valence-corrected chi connectivity index (χ3v) is 20.2. The van der Waals surface area contributed by atoms with Gasteiger partial charge in [-0.3, -0.25) is 38.4 Å². The van der Waals surface area contributed by atoms with Crippen molar-refractivity contribution in [2.75, 3.05) is 40.4 Å². The van der Waals surface area contributed by atoms with Crippen molar-refractivity contribution in [1.29, 1.82) is 0 Å². The van der Waals surface area contributed by atoms with Gasteiger partial charge in [0.1, 0.15) is 28.5 Å². The Balaban J connectivity index is 0.000000177. The average Bonchev–Trinajstić information content (AvgIpc) is 0.818. The minimum atomic E-state index is -0.367. The van der Waals surface area contributed by atoms with Crippen LogP contribution in [0.5, 0.6) is 5.75 Å². The number of aromatic amines is 4. The van der Waals surface area contributed by atoms with Crippen molar-refractivity contribution in [2.45, 2.75) is 157 Å². The summed E-state index contributed by atoms with van der Waals surface area (Å²) in [6, 6.07) is 56.0. The molecule has 0 aliphatic rings. The van der Waals surface area contributed by atoms with E-state index in [4.69, 9.17) is 10.5 Å². The van der Waals surface area contributed by atoms with E-state index in [1.54, 1.807) is 105 Å². The number of methoxy groups -OCH3 is 1. The summed E-state index contributed by atoms with van der Waals surface area (Å²) in [5.41, 5.74) is 24.6. The lowest BCUT2D eigenvalue weighted by molar-refractivity contribution is 0.101. The number of nitrogen functional groups attached to an aromatic ring is 1. The molecule has 12 aromatic rings. The number of ether oxygens (including phenoxy) is 1. The fourth-order valence-corrected chi connectivity index (χ4v) is 12.7. The van der Waals surface area contributed by atoms with Crippen molar-refractivity contribution in [3.63, 3.8) is 0 Å². The number of nitrogens with zero attached hydrogens (tertiary/aromatic N) is 2. The number of rotatable bonds is 16. The number of H-pyrrole nitrogens is 4. The molecule has 0 saturated heterocycles. The van der Waals surface area contributed by atoms with Crippen LogP contribution in [-0.4, -0.2) is 66.9 Å². The highest BCUT2D eigenvalue weighted by molar-refractivity contribution is 7.98. The van der Waals surface area contributed by atoms with Crippen LogP contribution in [0.15, 0.2) is 231 Å². The molecule has 0 fully saturated rings. The van der Waals surface area contributed by atoms with Gasteiger partial charge < -0.3 is 51.7 Å². The van der Waals surface area contributed by atoms with Crippen LogP contribution in [-0.2, 0) is 34.5 Å². The topological polar surface area (TPSA) is 309 Å². The highest BCUT2D eigenvalue weighted by Gasteiger charge is 2.22. The molecule has 4 amide bonds. The molecule has 5 heterocycles. The minimum absolute atomic E-state index is 0.00496. The minimum Gasteiger partial charge on any atom is -0.497 e. The van der Waals surface area contributed by atoms with Gasteiger partial charge in [-0.15, -0.1) is 0 Å². The number of carbonyl (C=O) groups excluding carboxylic acids is 4. The van der Waals surface area contributed by atoms with Gasteiger partial charge >= 0.3 is 0 Å². The lowest BCUT2D eigenvalue weighted by Gasteiger charge is -2.19. The van der Waals surface area contributed by atoms with E-state index < -0.39 is 0 Å². The summed E-state index contributed by atoms with van der Waals surface area (Å²) in [7, 11) is 1.61. The maximum absolute atomic E-state index is 12.7. The number of aromatic nitrogens is 6. The fourth-order valence-electron chi connectivity index (χ4n) is 12.3. The smallest absolute Gasteiger partial charge is 0.271 e. The SMILES string of the molecule is CCc1cc(-c2c[nH]c(=O)c(NC(=O)c3ccc(C(C)(C)C)cc3)c2)nc(SC)n1.CCc1ccc(C)c(-c2c[nH]c(=O)c(NC(=O)c3ccc(C(C)(C)C)cc3)c2)c1.COc1ccc(C)c(-c2c[nH]c(=O)c(NC(=O)c3ccc(C(C)(C)C)cc3)c2)c1.Cc1ccc(N)cc1-c1c[nH]c(=O)c(NC(=O)c2ccc(C(C)(C)C)cc2)c1. The van der Waals surface area contributed by atoms with Crippen molar-refractivity contribution in [1.82, 2.24) is 29.9 Å². The summed E-state index contributed by atoms with van der Waals surface area (Å²) >= 11 is 1.46. The van der Waals surface area contributed by atoms with Crippen LogP contribution in [0.1, 0.15) is 189 Å². The Hall–Kier alpha value is -12.8. The molecule has 0 spiro atoms. The number of thioether (sulfide) groups is 1. The first kappa shape index (κ1) is 87.2. The van der Waals surface area contributed by atoms with Crippen molar-refractivity contribution >= 4 is 63.8 Å². The van der Waals surface area contributed by atoms with Crippen molar-refractivity contribution in [3.8, 4) is 50.4 Å². The van der Waals surface area contributed by atoms with Crippen molar-refractivity contribution in [3.05, 3.63) is 321 Å². The number of anilines is 5. The second kappa shape index (κ2) is 37.5. The molecule has 10 N–H and O–H groups in total. The maximum atomic E-state index is 12.7. The number of amides is 4. The molecule has 0 bridgehead atoms. The van der Waals surface area contributed by atoms with Gasteiger partial charge in [0, 0.05) is 80.7 Å². The van der Waals surface area contributed by atoms with E-state index in [-0.39, 0.29) is 90.3 Å². The van der Waals surface area contributed by atoms with Gasteiger partial charge in [0.15, 0.2) is 5.16 Å². The predicted octanol–water partition coefficient (Wildman–Crippen LogP) is 19.5. The van der Waals surface area contributed by atoms with E-state index in [1.165, 1.54) is 17.3 Å². The molecule has 21 heteroatoms.